The molecule has 2 heterocycles. The van der Waals surface area contributed by atoms with Gasteiger partial charge in [0.25, 0.3) is 10.0 Å². The Kier molecular flexibility index (Phi) is 5.05. The zero-order chi connectivity index (χ0) is 14.9. The number of piperazine rings is 1. The Morgan fingerprint density at radius 1 is 1.23 bits per heavy atom. The number of nitrogens with zero attached hydrogens (tertiary/aromatic N) is 2. The number of amidine groups is 1. The third kappa shape index (κ3) is 3.23. The number of hydrogen-bond donors (Lipinski definition) is 2. The van der Waals surface area contributed by atoms with Crippen molar-refractivity contribution in [2.75, 3.05) is 32.7 Å². The second kappa shape index (κ2) is 6.64. The smallest absolute Gasteiger partial charge is 0.263 e. The summed E-state index contributed by atoms with van der Waals surface area (Å²) in [5, 5.41) is 3.17. The third-order valence-electron chi connectivity index (χ3n) is 3.50. The van der Waals surface area contributed by atoms with Crippen LogP contribution >= 0.6 is 12.4 Å². The molecule has 22 heavy (non-hydrogen) atoms. The van der Waals surface area contributed by atoms with E-state index in [1.807, 2.05) is 0 Å². The fraction of sp³-hybridized carbons (Fsp3) is 0.385. The van der Waals surface area contributed by atoms with Crippen LogP contribution in [0, 0.1) is 0 Å². The largest absolute Gasteiger partial charge is 0.339 e. The summed E-state index contributed by atoms with van der Waals surface area (Å²) in [5.74, 6) is 0.154. The van der Waals surface area contributed by atoms with Crippen LogP contribution in [0.2, 0.25) is 0 Å². The molecule has 120 valence electrons. The highest BCUT2D eigenvalue weighted by molar-refractivity contribution is 7.90. The quantitative estimate of drug-likeness (QED) is 0.762. The number of amides is 1. The van der Waals surface area contributed by atoms with E-state index in [1.165, 1.54) is 6.07 Å². The molecule has 1 aromatic carbocycles. The number of rotatable bonds is 2. The molecule has 0 spiro atoms. The molecular formula is C13H17ClN4O3S. The summed E-state index contributed by atoms with van der Waals surface area (Å²) in [6, 6.07) is 6.61. The van der Waals surface area contributed by atoms with Crippen molar-refractivity contribution in [1.29, 1.82) is 0 Å². The molecule has 2 aliphatic rings. The predicted molar refractivity (Wildman–Crippen MR) is 84.9 cm³/mol. The van der Waals surface area contributed by atoms with E-state index in [-0.39, 0.29) is 35.6 Å². The van der Waals surface area contributed by atoms with Crippen LogP contribution in [-0.2, 0) is 14.8 Å². The van der Waals surface area contributed by atoms with Crippen LogP contribution in [0.25, 0.3) is 0 Å². The highest BCUT2D eigenvalue weighted by atomic mass is 35.5. The van der Waals surface area contributed by atoms with E-state index < -0.39 is 10.0 Å². The number of halogens is 1. The first-order chi connectivity index (χ1) is 10.1. The van der Waals surface area contributed by atoms with Crippen molar-refractivity contribution in [3.05, 3.63) is 29.8 Å². The summed E-state index contributed by atoms with van der Waals surface area (Å²) in [4.78, 5) is 18.1. The maximum atomic E-state index is 12.0. The Labute approximate surface area is 135 Å². The minimum atomic E-state index is -3.54. The Morgan fingerprint density at radius 2 is 1.91 bits per heavy atom. The van der Waals surface area contributed by atoms with Crippen LogP contribution in [0.5, 0.6) is 0 Å². The van der Waals surface area contributed by atoms with Crippen LogP contribution in [0.4, 0.5) is 0 Å². The number of aliphatic imine (C=N–C) groups is 1. The van der Waals surface area contributed by atoms with Crippen LogP contribution in [0.15, 0.2) is 34.2 Å². The predicted octanol–water partition coefficient (Wildman–Crippen LogP) is -0.421. The molecule has 9 heteroatoms. The zero-order valence-electron chi connectivity index (χ0n) is 11.8. The van der Waals surface area contributed by atoms with Crippen LogP contribution < -0.4 is 10.0 Å². The van der Waals surface area contributed by atoms with Gasteiger partial charge in [0, 0.05) is 31.7 Å². The lowest BCUT2D eigenvalue weighted by Gasteiger charge is -2.26. The number of nitrogens with one attached hydrogen (secondary N) is 2. The van der Waals surface area contributed by atoms with E-state index in [0.717, 1.165) is 13.1 Å². The van der Waals surface area contributed by atoms with Crippen LogP contribution in [-0.4, -0.2) is 57.8 Å². The van der Waals surface area contributed by atoms with E-state index in [0.29, 0.717) is 18.7 Å². The number of carbonyl (C=O) groups is 1. The first-order valence-electron chi connectivity index (χ1n) is 6.73. The molecule has 0 atom stereocenters. The standard InChI is InChI=1S/C13H16N4O3S.ClH/c18-12(17-7-5-14-6-8-17)9-15-13-10-3-1-2-4-11(10)21(19,20)16-13;/h1-4,14H,5-9H2,(H,15,16);1H. The fourth-order valence-corrected chi connectivity index (χ4v) is 3.66. The van der Waals surface area contributed by atoms with Gasteiger partial charge in [0.2, 0.25) is 5.91 Å². The van der Waals surface area contributed by atoms with E-state index in [9.17, 15) is 13.2 Å². The molecule has 0 saturated carbocycles. The van der Waals surface area contributed by atoms with Gasteiger partial charge in [0.15, 0.2) is 0 Å². The second-order valence-electron chi connectivity index (χ2n) is 4.90. The van der Waals surface area contributed by atoms with Crippen molar-refractivity contribution in [3.8, 4) is 0 Å². The Hall–Kier alpha value is -1.64. The second-order valence-corrected chi connectivity index (χ2v) is 6.55. The van der Waals surface area contributed by atoms with Crippen LogP contribution in [0.1, 0.15) is 5.56 Å². The lowest BCUT2D eigenvalue weighted by Crippen LogP contribution is -2.47. The number of benzene rings is 1. The van der Waals surface area contributed by atoms with Crippen molar-refractivity contribution in [2.24, 2.45) is 4.99 Å². The van der Waals surface area contributed by atoms with Gasteiger partial charge in [-0.2, -0.15) is 0 Å². The number of carbonyl (C=O) groups excluding carboxylic acids is 1. The molecular weight excluding hydrogens is 328 g/mol. The normalized spacial score (nSPS) is 20.9. The monoisotopic (exact) mass is 344 g/mol. The lowest BCUT2D eigenvalue weighted by atomic mass is 10.2. The third-order valence-corrected chi connectivity index (χ3v) is 4.90. The SMILES string of the molecule is Cl.O=C(CN=C1NS(=O)(=O)c2ccccc21)N1CCNCC1. The highest BCUT2D eigenvalue weighted by Crippen LogP contribution is 2.22. The van der Waals surface area contributed by atoms with E-state index in [1.54, 1.807) is 23.1 Å². The topological polar surface area (TPSA) is 90.9 Å². The van der Waals surface area contributed by atoms with Gasteiger partial charge in [-0.1, -0.05) is 12.1 Å². The summed E-state index contributed by atoms with van der Waals surface area (Å²) in [6.07, 6.45) is 0. The van der Waals surface area contributed by atoms with Gasteiger partial charge in [-0.3, -0.25) is 14.5 Å². The first-order valence-corrected chi connectivity index (χ1v) is 8.21. The van der Waals surface area contributed by atoms with Gasteiger partial charge in [-0.15, -0.1) is 12.4 Å². The van der Waals surface area contributed by atoms with Gasteiger partial charge >= 0.3 is 0 Å². The molecule has 0 radical (unpaired) electrons. The van der Waals surface area contributed by atoms with E-state index in [2.05, 4.69) is 15.0 Å². The maximum Gasteiger partial charge on any atom is 0.263 e. The summed E-state index contributed by atoms with van der Waals surface area (Å²) in [5.41, 5.74) is 0.519. The van der Waals surface area contributed by atoms with E-state index in [4.69, 9.17) is 0 Å². The highest BCUT2D eigenvalue weighted by Gasteiger charge is 2.30. The minimum absolute atomic E-state index is 0. The van der Waals surface area contributed by atoms with Crippen molar-refractivity contribution < 1.29 is 13.2 Å². The van der Waals surface area contributed by atoms with Crippen molar-refractivity contribution in [2.45, 2.75) is 4.90 Å². The minimum Gasteiger partial charge on any atom is -0.339 e. The van der Waals surface area contributed by atoms with Gasteiger partial charge in [-0.05, 0) is 12.1 Å². The maximum absolute atomic E-state index is 12.0. The summed E-state index contributed by atoms with van der Waals surface area (Å²) >= 11 is 0. The van der Waals surface area contributed by atoms with Gasteiger partial charge in [0.05, 0.1) is 4.90 Å². The molecule has 2 aliphatic heterocycles. The Bertz CT molecular complexity index is 699. The molecule has 1 saturated heterocycles. The first kappa shape index (κ1) is 16.7. The molecule has 0 aromatic heterocycles. The van der Waals surface area contributed by atoms with Crippen molar-refractivity contribution in [1.82, 2.24) is 14.9 Å². The summed E-state index contributed by atoms with van der Waals surface area (Å²) < 4.78 is 26.2. The molecule has 1 amide bonds. The van der Waals surface area contributed by atoms with Crippen molar-refractivity contribution in [3.63, 3.8) is 0 Å². The molecule has 3 rings (SSSR count). The van der Waals surface area contributed by atoms with Crippen molar-refractivity contribution >= 4 is 34.2 Å². The molecule has 2 N–H and O–H groups in total. The molecule has 1 fully saturated rings. The number of fused-ring (bicyclic) bond motifs is 1. The lowest BCUT2D eigenvalue weighted by molar-refractivity contribution is -0.130. The molecule has 0 unspecified atom stereocenters. The fourth-order valence-electron chi connectivity index (χ4n) is 2.41. The van der Waals surface area contributed by atoms with E-state index >= 15 is 0 Å². The average molecular weight is 345 g/mol. The molecule has 0 aliphatic carbocycles. The Balaban J connectivity index is 0.00000176. The zero-order valence-corrected chi connectivity index (χ0v) is 13.4. The van der Waals surface area contributed by atoms with Gasteiger partial charge in [-0.25, -0.2) is 8.42 Å². The average Bonchev–Trinajstić information content (AvgIpc) is 2.77. The Morgan fingerprint density at radius 3 is 2.64 bits per heavy atom. The molecule has 1 aromatic rings. The number of sulfonamides is 1. The summed E-state index contributed by atoms with van der Waals surface area (Å²) in [7, 11) is -3.54. The molecule has 7 nitrogen and oxygen atoms in total. The van der Waals surface area contributed by atoms with Crippen LogP contribution in [0.3, 0.4) is 0 Å². The van der Waals surface area contributed by atoms with Gasteiger partial charge in [0.1, 0.15) is 12.4 Å². The summed E-state index contributed by atoms with van der Waals surface area (Å²) in [6.45, 7) is 2.82. The number of hydrogen-bond acceptors (Lipinski definition) is 5. The molecule has 0 bridgehead atoms. The van der Waals surface area contributed by atoms with Gasteiger partial charge < -0.3 is 10.2 Å².